The molecule has 1 aliphatic heterocycles. The van der Waals surface area contributed by atoms with Crippen molar-refractivity contribution in [1.82, 2.24) is 0 Å². The molecule has 94 valence electrons. The van der Waals surface area contributed by atoms with Gasteiger partial charge in [0.2, 0.25) is 0 Å². The van der Waals surface area contributed by atoms with E-state index < -0.39 is 24.3 Å². The van der Waals surface area contributed by atoms with Crippen LogP contribution >= 0.6 is 0 Å². The molecule has 1 rings (SSSR count). The molecular formula is C12H21FO3. The Kier molecular flexibility index (Phi) is 4.30. The van der Waals surface area contributed by atoms with E-state index in [4.69, 9.17) is 9.47 Å². The molecule has 0 aliphatic carbocycles. The Bertz CT molecular complexity index is 253. The summed E-state index contributed by atoms with van der Waals surface area (Å²) in [5.41, 5.74) is 0. The van der Waals surface area contributed by atoms with Crippen LogP contribution in [-0.2, 0) is 14.3 Å². The van der Waals surface area contributed by atoms with Gasteiger partial charge in [-0.1, -0.05) is 27.7 Å². The fraction of sp³-hybridized carbons (Fsp3) is 0.917. The van der Waals surface area contributed by atoms with Gasteiger partial charge in [-0.2, -0.15) is 0 Å². The number of halogens is 1. The summed E-state index contributed by atoms with van der Waals surface area (Å²) in [5.74, 6) is -0.241. The number of rotatable bonds is 3. The average molecular weight is 232 g/mol. The Morgan fingerprint density at radius 3 is 2.06 bits per heavy atom. The SMILES string of the molecule is CC(=O)O[C@@H]1[C@H](F)[C@@H](C(C)C)O[C@H]1C(C)C. The molecule has 1 aliphatic rings. The summed E-state index contributed by atoms with van der Waals surface area (Å²) in [4.78, 5) is 10.9. The maximum absolute atomic E-state index is 14.1. The van der Waals surface area contributed by atoms with Crippen LogP contribution in [0.5, 0.6) is 0 Å². The van der Waals surface area contributed by atoms with Crippen LogP contribution < -0.4 is 0 Å². The number of ether oxygens (including phenoxy) is 2. The summed E-state index contributed by atoms with van der Waals surface area (Å²) in [6.45, 7) is 9.00. The number of carbonyl (C=O) groups is 1. The van der Waals surface area contributed by atoms with E-state index in [0.29, 0.717) is 0 Å². The first-order chi connectivity index (χ1) is 7.34. The lowest BCUT2D eigenvalue weighted by Crippen LogP contribution is -2.36. The minimum atomic E-state index is -1.23. The number of carbonyl (C=O) groups excluding carboxylic acids is 1. The molecule has 0 unspecified atom stereocenters. The van der Waals surface area contributed by atoms with Gasteiger partial charge in [-0.3, -0.25) is 4.79 Å². The molecule has 1 heterocycles. The molecule has 0 aromatic rings. The quantitative estimate of drug-likeness (QED) is 0.701. The van der Waals surface area contributed by atoms with Crippen molar-refractivity contribution in [2.75, 3.05) is 0 Å². The minimum Gasteiger partial charge on any atom is -0.457 e. The maximum atomic E-state index is 14.1. The van der Waals surface area contributed by atoms with Crippen LogP contribution in [-0.4, -0.2) is 30.5 Å². The molecule has 3 nitrogen and oxygen atoms in total. The summed E-state index contributed by atoms with van der Waals surface area (Å²) in [6, 6.07) is 0. The molecule has 0 radical (unpaired) electrons. The molecule has 16 heavy (non-hydrogen) atoms. The molecule has 0 saturated carbocycles. The van der Waals surface area contributed by atoms with Crippen LogP contribution in [0.25, 0.3) is 0 Å². The highest BCUT2D eigenvalue weighted by atomic mass is 19.1. The van der Waals surface area contributed by atoms with E-state index in [2.05, 4.69) is 0 Å². The van der Waals surface area contributed by atoms with Gasteiger partial charge in [-0.15, -0.1) is 0 Å². The third-order valence-corrected chi connectivity index (χ3v) is 2.88. The highest BCUT2D eigenvalue weighted by Gasteiger charge is 2.49. The minimum absolute atomic E-state index is 0.0804. The second-order valence-electron chi connectivity index (χ2n) is 5.07. The smallest absolute Gasteiger partial charge is 0.303 e. The highest BCUT2D eigenvalue weighted by molar-refractivity contribution is 5.66. The van der Waals surface area contributed by atoms with Crippen molar-refractivity contribution in [2.24, 2.45) is 11.8 Å². The zero-order valence-electron chi connectivity index (χ0n) is 10.6. The van der Waals surface area contributed by atoms with Crippen LogP contribution in [0.15, 0.2) is 0 Å². The van der Waals surface area contributed by atoms with Gasteiger partial charge < -0.3 is 9.47 Å². The fourth-order valence-corrected chi connectivity index (χ4v) is 2.09. The second kappa shape index (κ2) is 5.13. The number of alkyl halides is 1. The van der Waals surface area contributed by atoms with Gasteiger partial charge in [0.1, 0.15) is 6.10 Å². The normalized spacial score (nSPS) is 34.8. The first kappa shape index (κ1) is 13.4. The van der Waals surface area contributed by atoms with Crippen LogP contribution in [0.3, 0.4) is 0 Å². The van der Waals surface area contributed by atoms with Crippen molar-refractivity contribution in [3.63, 3.8) is 0 Å². The lowest BCUT2D eigenvalue weighted by molar-refractivity contribution is -0.152. The first-order valence-corrected chi connectivity index (χ1v) is 5.81. The molecule has 1 saturated heterocycles. The Hall–Kier alpha value is -0.640. The predicted octanol–water partition coefficient (Wildman–Crippen LogP) is 2.34. The van der Waals surface area contributed by atoms with E-state index in [1.165, 1.54) is 6.92 Å². The van der Waals surface area contributed by atoms with Crippen LogP contribution in [0, 0.1) is 11.8 Å². The molecule has 0 aromatic heterocycles. The van der Waals surface area contributed by atoms with Crippen molar-refractivity contribution in [1.29, 1.82) is 0 Å². The van der Waals surface area contributed by atoms with Gasteiger partial charge in [-0.25, -0.2) is 4.39 Å². The fourth-order valence-electron chi connectivity index (χ4n) is 2.09. The lowest BCUT2D eigenvalue weighted by atomic mass is 9.96. The molecule has 0 aromatic carbocycles. The molecule has 0 spiro atoms. The molecular weight excluding hydrogens is 211 g/mol. The predicted molar refractivity (Wildman–Crippen MR) is 58.8 cm³/mol. The van der Waals surface area contributed by atoms with E-state index in [-0.39, 0.29) is 17.9 Å². The van der Waals surface area contributed by atoms with Crippen molar-refractivity contribution >= 4 is 5.97 Å². The largest absolute Gasteiger partial charge is 0.457 e. The Balaban J connectivity index is 2.80. The third-order valence-electron chi connectivity index (χ3n) is 2.88. The number of hydrogen-bond donors (Lipinski definition) is 0. The molecule has 4 heteroatoms. The van der Waals surface area contributed by atoms with Crippen LogP contribution in [0.4, 0.5) is 4.39 Å². The molecule has 0 N–H and O–H groups in total. The monoisotopic (exact) mass is 232 g/mol. The summed E-state index contributed by atoms with van der Waals surface area (Å²) in [6.07, 6.45) is -2.80. The van der Waals surface area contributed by atoms with Crippen molar-refractivity contribution in [2.45, 2.75) is 59.1 Å². The number of hydrogen-bond acceptors (Lipinski definition) is 3. The second-order valence-corrected chi connectivity index (χ2v) is 5.07. The molecule has 1 fully saturated rings. The maximum Gasteiger partial charge on any atom is 0.303 e. The standard InChI is InChI=1S/C12H21FO3/c1-6(2)10-9(13)12(15-8(5)14)11(16-10)7(3)4/h6-7,9-12H,1-5H3/t9-,10-,11+,12-/m1/s1. The zero-order valence-corrected chi connectivity index (χ0v) is 10.6. The molecule has 0 amide bonds. The van der Waals surface area contributed by atoms with Crippen molar-refractivity contribution < 1.29 is 18.7 Å². The average Bonchev–Trinajstić information content (AvgIpc) is 2.43. The van der Waals surface area contributed by atoms with Gasteiger partial charge >= 0.3 is 5.97 Å². The molecule has 4 atom stereocenters. The summed E-state index contributed by atoms with van der Waals surface area (Å²) >= 11 is 0. The Morgan fingerprint density at radius 2 is 1.69 bits per heavy atom. The summed E-state index contributed by atoms with van der Waals surface area (Å²) in [7, 11) is 0. The van der Waals surface area contributed by atoms with Crippen molar-refractivity contribution in [3.05, 3.63) is 0 Å². The highest BCUT2D eigenvalue weighted by Crippen LogP contribution is 2.34. The third kappa shape index (κ3) is 2.73. The van der Waals surface area contributed by atoms with E-state index >= 15 is 0 Å². The topological polar surface area (TPSA) is 35.5 Å². The van der Waals surface area contributed by atoms with Gasteiger partial charge in [0.25, 0.3) is 0 Å². The van der Waals surface area contributed by atoms with E-state index in [1.807, 2.05) is 27.7 Å². The van der Waals surface area contributed by atoms with Gasteiger partial charge in [-0.05, 0) is 11.8 Å². The molecule has 0 bridgehead atoms. The van der Waals surface area contributed by atoms with E-state index in [1.54, 1.807) is 0 Å². The van der Waals surface area contributed by atoms with Crippen LogP contribution in [0.2, 0.25) is 0 Å². The number of esters is 1. The first-order valence-electron chi connectivity index (χ1n) is 5.81. The van der Waals surface area contributed by atoms with Crippen molar-refractivity contribution in [3.8, 4) is 0 Å². The lowest BCUT2D eigenvalue weighted by Gasteiger charge is -2.21. The van der Waals surface area contributed by atoms with Gasteiger partial charge in [0, 0.05) is 6.92 Å². The Labute approximate surface area is 96.3 Å². The van der Waals surface area contributed by atoms with E-state index in [0.717, 1.165) is 0 Å². The summed E-state index contributed by atoms with van der Waals surface area (Å²) in [5, 5.41) is 0. The van der Waals surface area contributed by atoms with Gasteiger partial charge in [0.05, 0.1) is 6.10 Å². The van der Waals surface area contributed by atoms with Crippen LogP contribution in [0.1, 0.15) is 34.6 Å². The summed E-state index contributed by atoms with van der Waals surface area (Å²) < 4.78 is 24.8. The Morgan fingerprint density at radius 1 is 1.19 bits per heavy atom. The van der Waals surface area contributed by atoms with E-state index in [9.17, 15) is 9.18 Å². The van der Waals surface area contributed by atoms with Gasteiger partial charge in [0.15, 0.2) is 12.3 Å². The zero-order chi connectivity index (χ0) is 12.5.